The smallest absolute Gasteiger partial charge is 0.272 e. The summed E-state index contributed by atoms with van der Waals surface area (Å²) < 4.78 is 2.70. The molecule has 4 aromatic rings. The van der Waals surface area contributed by atoms with E-state index in [-0.39, 0.29) is 16.9 Å². The number of aromatic nitrogens is 2. The molecule has 0 saturated carbocycles. The maximum Gasteiger partial charge on any atom is 0.272 e. The second kappa shape index (κ2) is 9.96. The Balaban J connectivity index is 1.79. The first-order valence-corrected chi connectivity index (χ1v) is 11.8. The van der Waals surface area contributed by atoms with E-state index in [1.807, 2.05) is 24.3 Å². The Morgan fingerprint density at radius 3 is 2.50 bits per heavy atom. The third-order valence-electron chi connectivity index (χ3n) is 4.81. The topological polar surface area (TPSA) is 105 Å². The van der Waals surface area contributed by atoms with E-state index < -0.39 is 17.7 Å². The van der Waals surface area contributed by atoms with E-state index in [4.69, 9.17) is 11.6 Å². The predicted molar refractivity (Wildman–Crippen MR) is 137 cm³/mol. The van der Waals surface area contributed by atoms with Gasteiger partial charge in [-0.1, -0.05) is 35.9 Å². The monoisotopic (exact) mass is 603 g/mol. The van der Waals surface area contributed by atoms with Gasteiger partial charge >= 0.3 is 0 Å². The molecule has 0 aliphatic rings. The van der Waals surface area contributed by atoms with Crippen molar-refractivity contribution in [3.8, 4) is 5.82 Å². The second-order valence-corrected chi connectivity index (χ2v) is 9.26. The van der Waals surface area contributed by atoms with Crippen LogP contribution in [0.2, 0.25) is 5.02 Å². The number of amides is 3. The second-order valence-electron chi connectivity index (χ2n) is 7.15. The summed E-state index contributed by atoms with van der Waals surface area (Å²) in [5.41, 5.74) is 5.23. The van der Waals surface area contributed by atoms with E-state index in [0.717, 1.165) is 10.8 Å². The van der Waals surface area contributed by atoms with Gasteiger partial charge in [-0.25, -0.2) is 4.98 Å². The first-order valence-electron chi connectivity index (χ1n) is 9.84. The van der Waals surface area contributed by atoms with Crippen LogP contribution in [0.3, 0.4) is 0 Å². The highest BCUT2D eigenvalue weighted by Crippen LogP contribution is 2.35. The van der Waals surface area contributed by atoms with Gasteiger partial charge in [-0.05, 0) is 66.9 Å². The fourth-order valence-electron chi connectivity index (χ4n) is 3.33. The minimum Gasteiger partial charge on any atom is -0.319 e. The van der Waals surface area contributed by atoms with Gasteiger partial charge in [0, 0.05) is 28.3 Å². The predicted octanol–water partition coefficient (Wildman–Crippen LogP) is 5.24. The van der Waals surface area contributed by atoms with Crippen LogP contribution in [-0.4, -0.2) is 27.3 Å². The van der Waals surface area contributed by atoms with Crippen molar-refractivity contribution in [2.75, 3.05) is 5.32 Å². The summed E-state index contributed by atoms with van der Waals surface area (Å²) in [6.45, 7) is 1.27. The Labute approximate surface area is 215 Å². The van der Waals surface area contributed by atoms with Gasteiger partial charge in [-0.3, -0.25) is 29.8 Å². The van der Waals surface area contributed by atoms with Crippen LogP contribution in [0.1, 0.15) is 27.8 Å². The van der Waals surface area contributed by atoms with Crippen molar-refractivity contribution in [3.05, 3.63) is 86.2 Å². The van der Waals surface area contributed by atoms with Gasteiger partial charge in [0.1, 0.15) is 5.69 Å². The number of hydrogen-bond donors (Lipinski definition) is 3. The van der Waals surface area contributed by atoms with E-state index in [1.165, 1.54) is 6.92 Å². The fraction of sp³-hybridized carbons (Fsp3) is 0.0435. The molecule has 4 rings (SSSR count). The number of carbonyl (C=O) groups is 3. The molecule has 34 heavy (non-hydrogen) atoms. The van der Waals surface area contributed by atoms with E-state index >= 15 is 0 Å². The average Bonchev–Trinajstić information content (AvgIpc) is 3.21. The number of carbonyl (C=O) groups excluding carboxylic acids is 3. The summed E-state index contributed by atoms with van der Waals surface area (Å²) in [5, 5.41) is 4.75. The van der Waals surface area contributed by atoms with Crippen LogP contribution in [0.4, 0.5) is 5.69 Å². The van der Waals surface area contributed by atoms with Gasteiger partial charge < -0.3 is 5.32 Å². The Morgan fingerprint density at radius 2 is 1.76 bits per heavy atom. The van der Waals surface area contributed by atoms with Crippen LogP contribution in [0.5, 0.6) is 0 Å². The number of hydrogen-bond acceptors (Lipinski definition) is 4. The van der Waals surface area contributed by atoms with Crippen molar-refractivity contribution in [1.29, 1.82) is 0 Å². The molecule has 3 N–H and O–H groups in total. The number of halogens is 3. The summed E-state index contributed by atoms with van der Waals surface area (Å²) in [6, 6.07) is 14.0. The molecule has 8 nitrogen and oxygen atoms in total. The summed E-state index contributed by atoms with van der Waals surface area (Å²) in [7, 11) is 0. The summed E-state index contributed by atoms with van der Waals surface area (Å²) in [4.78, 5) is 41.9. The Bertz CT molecular complexity index is 1450. The SMILES string of the molecule is CC(=O)NNC(=O)c1cc2ccccc2c(Br)c1NC(=O)c1cc(Br)cn1-c1ncccc1Cl. The van der Waals surface area contributed by atoms with Crippen LogP contribution >= 0.6 is 43.5 Å². The lowest BCUT2D eigenvalue weighted by molar-refractivity contribution is -0.119. The lowest BCUT2D eigenvalue weighted by Gasteiger charge is -2.16. The molecule has 0 radical (unpaired) electrons. The van der Waals surface area contributed by atoms with Crippen molar-refractivity contribution in [3.63, 3.8) is 0 Å². The molecule has 0 spiro atoms. The van der Waals surface area contributed by atoms with Gasteiger partial charge in [0.05, 0.1) is 16.3 Å². The van der Waals surface area contributed by atoms with E-state index in [0.29, 0.717) is 19.8 Å². The highest BCUT2D eigenvalue weighted by atomic mass is 79.9. The number of nitrogens with zero attached hydrogens (tertiary/aromatic N) is 2. The number of nitrogens with one attached hydrogen (secondary N) is 3. The minimum atomic E-state index is -0.596. The normalized spacial score (nSPS) is 10.7. The molecule has 11 heteroatoms. The molecule has 0 fully saturated rings. The average molecular weight is 606 g/mol. The van der Waals surface area contributed by atoms with Crippen molar-refractivity contribution >= 4 is 77.6 Å². The molecule has 0 atom stereocenters. The van der Waals surface area contributed by atoms with Crippen LogP contribution in [0, 0.1) is 0 Å². The molecule has 3 amide bonds. The first-order chi connectivity index (χ1) is 16.3. The fourth-order valence-corrected chi connectivity index (χ4v) is 4.64. The van der Waals surface area contributed by atoms with Gasteiger partial charge in [-0.15, -0.1) is 0 Å². The maximum atomic E-state index is 13.4. The highest BCUT2D eigenvalue weighted by molar-refractivity contribution is 9.11. The Kier molecular flexibility index (Phi) is 7.01. The van der Waals surface area contributed by atoms with Crippen molar-refractivity contribution in [1.82, 2.24) is 20.4 Å². The van der Waals surface area contributed by atoms with Crippen molar-refractivity contribution in [2.24, 2.45) is 0 Å². The lowest BCUT2D eigenvalue weighted by Crippen LogP contribution is -2.40. The summed E-state index contributed by atoms with van der Waals surface area (Å²) in [6.07, 6.45) is 3.24. The Hall–Kier alpha value is -3.21. The first kappa shape index (κ1) is 23.9. The largest absolute Gasteiger partial charge is 0.319 e. The molecule has 0 aliphatic carbocycles. The zero-order valence-electron chi connectivity index (χ0n) is 17.5. The molecule has 2 aromatic carbocycles. The van der Waals surface area contributed by atoms with Crippen molar-refractivity contribution in [2.45, 2.75) is 6.92 Å². The molecular weight excluding hydrogens is 590 g/mol. The molecule has 0 unspecified atom stereocenters. The van der Waals surface area contributed by atoms with Crippen LogP contribution in [0.15, 0.2) is 69.9 Å². The molecule has 172 valence electrons. The molecule has 0 bridgehead atoms. The van der Waals surface area contributed by atoms with Gasteiger partial charge in [0.25, 0.3) is 11.8 Å². The zero-order chi connectivity index (χ0) is 24.4. The molecule has 2 heterocycles. The van der Waals surface area contributed by atoms with Gasteiger partial charge in [0.2, 0.25) is 5.91 Å². The molecule has 0 aliphatic heterocycles. The van der Waals surface area contributed by atoms with E-state index in [9.17, 15) is 14.4 Å². The number of anilines is 1. The maximum absolute atomic E-state index is 13.4. The highest BCUT2D eigenvalue weighted by Gasteiger charge is 2.23. The van der Waals surface area contributed by atoms with Crippen LogP contribution in [-0.2, 0) is 4.79 Å². The third kappa shape index (κ3) is 4.84. The van der Waals surface area contributed by atoms with E-state index in [1.54, 1.807) is 41.2 Å². The summed E-state index contributed by atoms with van der Waals surface area (Å²) >= 11 is 13.2. The summed E-state index contributed by atoms with van der Waals surface area (Å²) in [5.74, 6) is -1.16. The van der Waals surface area contributed by atoms with Crippen LogP contribution in [0.25, 0.3) is 16.6 Å². The molecule has 0 saturated heterocycles. The Morgan fingerprint density at radius 1 is 1.00 bits per heavy atom. The molecular formula is C23H16Br2ClN5O3. The van der Waals surface area contributed by atoms with Crippen LogP contribution < -0.4 is 16.2 Å². The standard InChI is InChI=1S/C23H16Br2ClN5O3/c1-12(32)29-30-22(33)16-9-13-5-2-3-6-15(13)19(25)20(16)28-23(34)18-10-14(24)11-31(18)21-17(26)7-4-8-27-21/h2-11H,1H3,(H,28,34)(H,29,32)(H,30,33). The number of pyridine rings is 1. The quantitative estimate of drug-likeness (QED) is 0.277. The van der Waals surface area contributed by atoms with Gasteiger partial charge in [0.15, 0.2) is 5.82 Å². The molecule has 2 aromatic heterocycles. The van der Waals surface area contributed by atoms with Crippen molar-refractivity contribution < 1.29 is 14.4 Å². The van der Waals surface area contributed by atoms with E-state index in [2.05, 4.69) is 53.0 Å². The third-order valence-corrected chi connectivity index (χ3v) is 6.36. The number of fused-ring (bicyclic) bond motifs is 1. The number of rotatable bonds is 4. The minimum absolute atomic E-state index is 0.153. The number of hydrazine groups is 1. The van der Waals surface area contributed by atoms with Gasteiger partial charge in [-0.2, -0.15) is 0 Å². The zero-order valence-corrected chi connectivity index (χ0v) is 21.5. The number of benzene rings is 2. The lowest BCUT2D eigenvalue weighted by atomic mass is 10.0.